The number of hydrogen-bond donors (Lipinski definition) is 2. The van der Waals surface area contributed by atoms with Crippen LogP contribution >= 0.6 is 11.3 Å². The second kappa shape index (κ2) is 5.65. The van der Waals surface area contributed by atoms with Gasteiger partial charge >= 0.3 is 5.97 Å². The zero-order valence-corrected chi connectivity index (χ0v) is 10.1. The third-order valence-electron chi connectivity index (χ3n) is 2.09. The molecule has 1 aromatic rings. The molecule has 5 heteroatoms. The van der Waals surface area contributed by atoms with Crippen LogP contribution in [0.2, 0.25) is 0 Å². The van der Waals surface area contributed by atoms with Crippen molar-refractivity contribution in [3.8, 4) is 0 Å². The van der Waals surface area contributed by atoms with Crippen molar-refractivity contribution in [3.05, 3.63) is 22.4 Å². The van der Waals surface area contributed by atoms with Gasteiger partial charge in [0.05, 0.1) is 5.56 Å². The minimum atomic E-state index is -0.989. The summed E-state index contributed by atoms with van der Waals surface area (Å²) in [6.07, 6.45) is 0.436. The minimum absolute atomic E-state index is 0.226. The van der Waals surface area contributed by atoms with E-state index in [9.17, 15) is 9.59 Å². The molecule has 0 spiro atoms. The summed E-state index contributed by atoms with van der Waals surface area (Å²) in [6, 6.07) is 0.862. The van der Waals surface area contributed by atoms with Crippen LogP contribution in [-0.2, 0) is 4.79 Å². The summed E-state index contributed by atoms with van der Waals surface area (Å²) in [4.78, 5) is 22.6. The number of carboxylic acid groups (broad SMARTS) is 1. The Morgan fingerprint density at radius 1 is 1.50 bits per heavy atom. The van der Waals surface area contributed by atoms with Crippen molar-refractivity contribution >= 4 is 23.2 Å². The highest BCUT2D eigenvalue weighted by Crippen LogP contribution is 2.09. The van der Waals surface area contributed by atoms with E-state index in [1.54, 1.807) is 16.8 Å². The van der Waals surface area contributed by atoms with Gasteiger partial charge in [0.25, 0.3) is 5.91 Å². The molecular weight excluding hydrogens is 226 g/mol. The molecule has 0 aliphatic heterocycles. The highest BCUT2D eigenvalue weighted by molar-refractivity contribution is 7.08. The molecule has 1 atom stereocenters. The minimum Gasteiger partial charge on any atom is -0.480 e. The SMILES string of the molecule is CC(C)CC(NC(=O)c1ccsc1)C(=O)O. The van der Waals surface area contributed by atoms with Crippen molar-refractivity contribution in [2.45, 2.75) is 26.3 Å². The molecule has 1 amide bonds. The number of nitrogens with one attached hydrogen (secondary N) is 1. The summed E-state index contributed by atoms with van der Waals surface area (Å²) in [5, 5.41) is 15.0. The van der Waals surface area contributed by atoms with E-state index in [0.717, 1.165) is 0 Å². The first kappa shape index (κ1) is 12.7. The Balaban J connectivity index is 2.62. The highest BCUT2D eigenvalue weighted by Gasteiger charge is 2.21. The summed E-state index contributed by atoms with van der Waals surface area (Å²) >= 11 is 1.41. The number of hydrogen-bond acceptors (Lipinski definition) is 3. The first-order valence-corrected chi connectivity index (χ1v) is 6.01. The van der Waals surface area contributed by atoms with E-state index in [0.29, 0.717) is 12.0 Å². The molecule has 16 heavy (non-hydrogen) atoms. The Bertz CT molecular complexity index is 359. The number of carbonyl (C=O) groups is 2. The summed E-state index contributed by atoms with van der Waals surface area (Å²) in [7, 11) is 0. The lowest BCUT2D eigenvalue weighted by atomic mass is 10.0. The van der Waals surface area contributed by atoms with Gasteiger partial charge in [0.2, 0.25) is 0 Å². The average Bonchev–Trinajstić information content (AvgIpc) is 2.68. The van der Waals surface area contributed by atoms with Crippen LogP contribution in [0.15, 0.2) is 16.8 Å². The fourth-order valence-electron chi connectivity index (χ4n) is 1.33. The molecule has 0 aliphatic rings. The molecule has 0 aromatic carbocycles. The van der Waals surface area contributed by atoms with E-state index in [1.807, 2.05) is 13.8 Å². The number of carbonyl (C=O) groups excluding carboxylic acids is 1. The lowest BCUT2D eigenvalue weighted by molar-refractivity contribution is -0.139. The van der Waals surface area contributed by atoms with Crippen molar-refractivity contribution in [2.24, 2.45) is 5.92 Å². The molecule has 1 unspecified atom stereocenters. The Morgan fingerprint density at radius 3 is 2.62 bits per heavy atom. The second-order valence-electron chi connectivity index (χ2n) is 4.01. The molecule has 1 rings (SSSR count). The van der Waals surface area contributed by atoms with Gasteiger partial charge in [0.1, 0.15) is 6.04 Å². The quantitative estimate of drug-likeness (QED) is 0.828. The number of thiophene rings is 1. The lowest BCUT2D eigenvalue weighted by Crippen LogP contribution is -2.41. The van der Waals surface area contributed by atoms with Crippen LogP contribution in [0.1, 0.15) is 30.6 Å². The molecule has 0 saturated heterocycles. The maximum Gasteiger partial charge on any atom is 0.326 e. The molecule has 1 aromatic heterocycles. The van der Waals surface area contributed by atoms with Crippen molar-refractivity contribution in [2.75, 3.05) is 0 Å². The van der Waals surface area contributed by atoms with Gasteiger partial charge in [-0.25, -0.2) is 4.79 Å². The van der Waals surface area contributed by atoms with Gasteiger partial charge in [0.15, 0.2) is 0 Å². The third-order valence-corrected chi connectivity index (χ3v) is 2.78. The van der Waals surface area contributed by atoms with Crippen LogP contribution in [-0.4, -0.2) is 23.0 Å². The molecule has 1 heterocycles. The van der Waals surface area contributed by atoms with E-state index in [2.05, 4.69) is 5.32 Å². The number of aliphatic carboxylic acids is 1. The van der Waals surface area contributed by atoms with Gasteiger partial charge in [-0.1, -0.05) is 13.8 Å². The van der Waals surface area contributed by atoms with Crippen LogP contribution in [0.5, 0.6) is 0 Å². The Hall–Kier alpha value is -1.36. The second-order valence-corrected chi connectivity index (χ2v) is 4.79. The van der Waals surface area contributed by atoms with Gasteiger partial charge in [-0.3, -0.25) is 4.79 Å². The summed E-state index contributed by atoms with van der Waals surface area (Å²) < 4.78 is 0. The van der Waals surface area contributed by atoms with E-state index in [1.165, 1.54) is 11.3 Å². The zero-order chi connectivity index (χ0) is 12.1. The van der Waals surface area contributed by atoms with E-state index < -0.39 is 12.0 Å². The fraction of sp³-hybridized carbons (Fsp3) is 0.455. The predicted octanol–water partition coefficient (Wildman–Crippen LogP) is 1.98. The zero-order valence-electron chi connectivity index (χ0n) is 9.27. The lowest BCUT2D eigenvalue weighted by Gasteiger charge is -2.15. The molecule has 88 valence electrons. The van der Waals surface area contributed by atoms with Crippen LogP contribution < -0.4 is 5.32 Å². The molecule has 0 aliphatic carbocycles. The molecular formula is C11H15NO3S. The standard InChI is InChI=1S/C11H15NO3S/c1-7(2)5-9(11(14)15)12-10(13)8-3-4-16-6-8/h3-4,6-7,9H,5H2,1-2H3,(H,12,13)(H,14,15). The summed E-state index contributed by atoms with van der Waals surface area (Å²) in [5.41, 5.74) is 0.514. The molecule has 4 nitrogen and oxygen atoms in total. The normalized spacial score (nSPS) is 12.4. The molecule has 0 fully saturated rings. The van der Waals surface area contributed by atoms with Crippen LogP contribution in [0.3, 0.4) is 0 Å². The summed E-state index contributed by atoms with van der Waals surface area (Å²) in [6.45, 7) is 3.85. The maximum atomic E-state index is 11.6. The average molecular weight is 241 g/mol. The monoisotopic (exact) mass is 241 g/mol. The Kier molecular flexibility index (Phi) is 4.49. The summed E-state index contributed by atoms with van der Waals surface area (Å²) in [5.74, 6) is -1.09. The topological polar surface area (TPSA) is 66.4 Å². The van der Waals surface area contributed by atoms with Crippen molar-refractivity contribution in [1.82, 2.24) is 5.32 Å². The van der Waals surface area contributed by atoms with Crippen LogP contribution in [0.4, 0.5) is 0 Å². The van der Waals surface area contributed by atoms with Gasteiger partial charge < -0.3 is 10.4 Å². The van der Waals surface area contributed by atoms with E-state index in [-0.39, 0.29) is 11.8 Å². The predicted molar refractivity (Wildman–Crippen MR) is 62.7 cm³/mol. The van der Waals surface area contributed by atoms with Gasteiger partial charge in [0, 0.05) is 5.38 Å². The Labute approximate surface area is 98.3 Å². The maximum absolute atomic E-state index is 11.6. The van der Waals surface area contributed by atoms with E-state index >= 15 is 0 Å². The van der Waals surface area contributed by atoms with Crippen LogP contribution in [0.25, 0.3) is 0 Å². The number of rotatable bonds is 5. The fourth-order valence-corrected chi connectivity index (χ4v) is 1.96. The number of amides is 1. The van der Waals surface area contributed by atoms with Crippen LogP contribution in [0, 0.1) is 5.92 Å². The molecule has 2 N–H and O–H groups in total. The number of carboxylic acids is 1. The molecule has 0 saturated carbocycles. The first-order chi connectivity index (χ1) is 7.50. The highest BCUT2D eigenvalue weighted by atomic mass is 32.1. The van der Waals surface area contributed by atoms with Gasteiger partial charge in [-0.15, -0.1) is 0 Å². The van der Waals surface area contributed by atoms with Crippen molar-refractivity contribution < 1.29 is 14.7 Å². The third kappa shape index (κ3) is 3.66. The van der Waals surface area contributed by atoms with Gasteiger partial charge in [-0.05, 0) is 23.8 Å². The smallest absolute Gasteiger partial charge is 0.326 e. The van der Waals surface area contributed by atoms with Gasteiger partial charge in [-0.2, -0.15) is 11.3 Å². The van der Waals surface area contributed by atoms with E-state index in [4.69, 9.17) is 5.11 Å². The molecule has 0 radical (unpaired) electrons. The Morgan fingerprint density at radius 2 is 2.19 bits per heavy atom. The largest absolute Gasteiger partial charge is 0.480 e. The van der Waals surface area contributed by atoms with Crippen molar-refractivity contribution in [1.29, 1.82) is 0 Å². The first-order valence-electron chi connectivity index (χ1n) is 5.06. The van der Waals surface area contributed by atoms with Crippen molar-refractivity contribution in [3.63, 3.8) is 0 Å². The molecule has 0 bridgehead atoms.